The van der Waals surface area contributed by atoms with Crippen LogP contribution in [0.25, 0.3) is 0 Å². The van der Waals surface area contributed by atoms with E-state index in [1.165, 1.54) is 0 Å². The Morgan fingerprint density at radius 1 is 1.50 bits per heavy atom. The number of carbonyl (C=O) groups is 1. The maximum Gasteiger partial charge on any atom is 0.362 e. The van der Waals surface area contributed by atoms with Gasteiger partial charge in [-0.3, -0.25) is 4.79 Å². The van der Waals surface area contributed by atoms with Crippen LogP contribution in [0.5, 0.6) is 0 Å². The van der Waals surface area contributed by atoms with E-state index in [1.807, 2.05) is 0 Å². The van der Waals surface area contributed by atoms with Gasteiger partial charge in [0.2, 0.25) is 5.91 Å². The van der Waals surface area contributed by atoms with Crippen molar-refractivity contribution in [3.8, 4) is 0 Å². The van der Waals surface area contributed by atoms with E-state index in [9.17, 15) is 13.2 Å². The molecule has 0 saturated heterocycles. The van der Waals surface area contributed by atoms with Gasteiger partial charge < -0.3 is 0 Å². The van der Waals surface area contributed by atoms with E-state index < -0.39 is 21.8 Å². The molecule has 1 saturated carbocycles. The lowest BCUT2D eigenvalue weighted by Gasteiger charge is -2.09. The average molecular weight is 193 g/mol. The van der Waals surface area contributed by atoms with Gasteiger partial charge in [-0.05, 0) is 19.8 Å². The minimum atomic E-state index is -3.88. The quantitative estimate of drug-likeness (QED) is 0.681. The number of rotatable bonds is 3. The molecular weight excluding hydrogens is 182 g/mol. The lowest BCUT2D eigenvalue weighted by molar-refractivity contribution is -0.117. The molecule has 6 heteroatoms. The summed E-state index contributed by atoms with van der Waals surface area (Å²) < 4.78 is 28.3. The molecule has 0 radical (unpaired) electrons. The lowest BCUT2D eigenvalue weighted by atomic mass is 10.4. The van der Waals surface area contributed by atoms with E-state index in [4.69, 9.17) is 0 Å². The van der Waals surface area contributed by atoms with Crippen LogP contribution in [0.4, 0.5) is 0 Å². The highest BCUT2D eigenvalue weighted by Crippen LogP contribution is 2.39. The second-order valence-electron chi connectivity index (χ2n) is 3.15. The number of amides is 1. The molecule has 1 fully saturated rings. The minimum absolute atomic E-state index is 0.582. The van der Waals surface area contributed by atoms with Crippen LogP contribution in [0.2, 0.25) is 0 Å². The van der Waals surface area contributed by atoms with Gasteiger partial charge >= 0.3 is 10.3 Å². The zero-order valence-corrected chi connectivity index (χ0v) is 7.77. The number of hydrogen-bond acceptors (Lipinski definition) is 4. The minimum Gasteiger partial charge on any atom is -0.274 e. The summed E-state index contributed by atoms with van der Waals surface area (Å²) in [6, 6.07) is 0. The van der Waals surface area contributed by atoms with E-state index in [0.29, 0.717) is 12.8 Å². The molecule has 0 aromatic heterocycles. The second kappa shape index (κ2) is 2.70. The fourth-order valence-corrected chi connectivity index (χ4v) is 1.81. The third-order valence-corrected chi connectivity index (χ3v) is 2.69. The van der Waals surface area contributed by atoms with Gasteiger partial charge in [-0.1, -0.05) is 0 Å². The van der Waals surface area contributed by atoms with Crippen LogP contribution >= 0.6 is 0 Å². The Kier molecular flexibility index (Phi) is 2.13. The van der Waals surface area contributed by atoms with Crippen molar-refractivity contribution >= 4 is 16.2 Å². The average Bonchev–Trinajstić information content (AvgIpc) is 2.40. The fourth-order valence-electron chi connectivity index (χ4n) is 0.721. The molecule has 12 heavy (non-hydrogen) atoms. The summed E-state index contributed by atoms with van der Waals surface area (Å²) in [6.45, 7) is 2.81. The normalized spacial score (nSPS) is 20.2. The van der Waals surface area contributed by atoms with Crippen molar-refractivity contribution in [3.05, 3.63) is 0 Å². The summed E-state index contributed by atoms with van der Waals surface area (Å²) in [4.78, 5) is 10.4. The van der Waals surface area contributed by atoms with Crippen LogP contribution in [0, 0.1) is 0 Å². The van der Waals surface area contributed by atoms with Crippen LogP contribution in [0.15, 0.2) is 0 Å². The molecule has 1 aliphatic carbocycles. The third-order valence-electron chi connectivity index (χ3n) is 1.53. The molecule has 0 atom stereocenters. The zero-order valence-electron chi connectivity index (χ0n) is 6.96. The van der Waals surface area contributed by atoms with E-state index >= 15 is 0 Å². The van der Waals surface area contributed by atoms with Gasteiger partial charge in [0.15, 0.2) is 0 Å². The van der Waals surface area contributed by atoms with Crippen LogP contribution in [-0.4, -0.2) is 19.9 Å². The molecule has 1 amide bonds. The highest BCUT2D eigenvalue weighted by atomic mass is 32.2. The molecule has 0 spiro atoms. The predicted molar refractivity (Wildman–Crippen MR) is 41.5 cm³/mol. The summed E-state index contributed by atoms with van der Waals surface area (Å²) in [6.07, 6.45) is 1.43. The van der Waals surface area contributed by atoms with Gasteiger partial charge in [-0.15, -0.1) is 0 Å². The molecule has 0 bridgehead atoms. The first kappa shape index (κ1) is 9.47. The molecule has 0 aromatic rings. The van der Waals surface area contributed by atoms with E-state index in [1.54, 1.807) is 11.6 Å². The Morgan fingerprint density at radius 3 is 2.33 bits per heavy atom. The Morgan fingerprint density at radius 2 is 2.00 bits per heavy atom. The van der Waals surface area contributed by atoms with Crippen molar-refractivity contribution in [1.29, 1.82) is 0 Å². The lowest BCUT2D eigenvalue weighted by Crippen LogP contribution is -2.33. The maximum absolute atomic E-state index is 10.9. The summed E-state index contributed by atoms with van der Waals surface area (Å²) in [5, 5.41) is 0. The highest BCUT2D eigenvalue weighted by Gasteiger charge is 2.43. The molecule has 0 heterocycles. The van der Waals surface area contributed by atoms with E-state index in [-0.39, 0.29) is 0 Å². The van der Waals surface area contributed by atoms with Crippen molar-refractivity contribution in [1.82, 2.24) is 4.72 Å². The Balaban J connectivity index is 2.55. The first-order valence-electron chi connectivity index (χ1n) is 3.57. The first-order valence-corrected chi connectivity index (χ1v) is 4.98. The predicted octanol–water partition coefficient (Wildman–Crippen LogP) is -0.0636. The molecule has 1 rings (SSSR count). The molecule has 0 unspecified atom stereocenters. The molecule has 1 N–H and O–H groups in total. The van der Waals surface area contributed by atoms with Crippen molar-refractivity contribution in [2.45, 2.75) is 32.3 Å². The largest absolute Gasteiger partial charge is 0.362 e. The first-order chi connectivity index (χ1) is 5.33. The van der Waals surface area contributed by atoms with Gasteiger partial charge in [-0.25, -0.2) is 8.91 Å². The van der Waals surface area contributed by atoms with Crippen LogP contribution in [0.3, 0.4) is 0 Å². The van der Waals surface area contributed by atoms with Crippen molar-refractivity contribution in [2.75, 3.05) is 0 Å². The van der Waals surface area contributed by atoms with Crippen molar-refractivity contribution in [2.24, 2.45) is 0 Å². The highest BCUT2D eigenvalue weighted by molar-refractivity contribution is 7.85. The third kappa shape index (κ3) is 2.78. The standard InChI is InChI=1S/C6H11NO4S/c1-5(8)7-12(9,10)11-6(2)3-4-6/h3-4H2,1-2H3,(H,7,8). The summed E-state index contributed by atoms with van der Waals surface area (Å²) in [5.74, 6) is -0.640. The molecule has 5 nitrogen and oxygen atoms in total. The van der Waals surface area contributed by atoms with Gasteiger partial charge in [0.25, 0.3) is 0 Å². The van der Waals surface area contributed by atoms with Crippen LogP contribution < -0.4 is 4.72 Å². The molecule has 70 valence electrons. The zero-order chi connectivity index (χ0) is 9.41. The smallest absolute Gasteiger partial charge is 0.274 e. The maximum atomic E-state index is 10.9. The van der Waals surface area contributed by atoms with E-state index in [2.05, 4.69) is 4.18 Å². The fraction of sp³-hybridized carbons (Fsp3) is 0.833. The number of hydrogen-bond donors (Lipinski definition) is 1. The van der Waals surface area contributed by atoms with Gasteiger partial charge in [0, 0.05) is 6.92 Å². The summed E-state index contributed by atoms with van der Waals surface area (Å²) in [7, 11) is -3.88. The molecule has 1 aliphatic rings. The number of nitrogens with one attached hydrogen (secondary N) is 1. The van der Waals surface area contributed by atoms with Crippen LogP contribution in [0.1, 0.15) is 26.7 Å². The van der Waals surface area contributed by atoms with Gasteiger partial charge in [0.05, 0.1) is 5.60 Å². The Labute approximate surface area is 71.4 Å². The van der Waals surface area contributed by atoms with Crippen molar-refractivity contribution in [3.63, 3.8) is 0 Å². The van der Waals surface area contributed by atoms with E-state index in [0.717, 1.165) is 6.92 Å². The monoisotopic (exact) mass is 193 g/mol. The molecule has 0 aliphatic heterocycles. The van der Waals surface area contributed by atoms with Crippen LogP contribution in [-0.2, 0) is 19.3 Å². The summed E-state index contributed by atoms with van der Waals surface area (Å²) in [5.41, 5.74) is -0.582. The Hall–Kier alpha value is -0.620. The van der Waals surface area contributed by atoms with Crippen molar-refractivity contribution < 1.29 is 17.4 Å². The second-order valence-corrected chi connectivity index (χ2v) is 4.42. The molecule has 0 aromatic carbocycles. The Bertz CT molecular complexity index is 291. The topological polar surface area (TPSA) is 72.5 Å². The summed E-state index contributed by atoms with van der Waals surface area (Å²) >= 11 is 0. The molecular formula is C6H11NO4S. The number of carbonyl (C=O) groups excluding carboxylic acids is 1. The van der Waals surface area contributed by atoms with Gasteiger partial charge in [-0.2, -0.15) is 8.42 Å². The SMILES string of the molecule is CC(=O)NS(=O)(=O)OC1(C)CC1. The van der Waals surface area contributed by atoms with Gasteiger partial charge in [0.1, 0.15) is 0 Å².